The molecule has 0 amide bonds. The maximum Gasteiger partial charge on any atom is 0.316 e. The Hall–Kier alpha value is -2.81. The first-order valence-corrected chi connectivity index (χ1v) is 10.9. The summed E-state index contributed by atoms with van der Waals surface area (Å²) in [5.41, 5.74) is 4.19. The van der Waals surface area contributed by atoms with Crippen molar-refractivity contribution >= 4 is 16.7 Å². The monoisotopic (exact) mass is 402 g/mol. The van der Waals surface area contributed by atoms with E-state index in [-0.39, 0.29) is 5.97 Å². The highest BCUT2D eigenvalue weighted by molar-refractivity contribution is 6.03. The van der Waals surface area contributed by atoms with Gasteiger partial charge >= 0.3 is 5.97 Å². The van der Waals surface area contributed by atoms with Crippen molar-refractivity contribution in [3.8, 4) is 22.6 Å². The minimum atomic E-state index is -0.539. The molecule has 0 heterocycles. The zero-order valence-electron chi connectivity index (χ0n) is 18.4. The Morgan fingerprint density at radius 2 is 1.67 bits per heavy atom. The molecule has 0 saturated heterocycles. The van der Waals surface area contributed by atoms with Crippen molar-refractivity contribution in [3.63, 3.8) is 0 Å². The average molecular weight is 403 g/mol. The van der Waals surface area contributed by atoms with Crippen molar-refractivity contribution < 1.29 is 14.3 Å². The third-order valence-electron chi connectivity index (χ3n) is 6.49. The van der Waals surface area contributed by atoms with Crippen LogP contribution in [0.25, 0.3) is 21.9 Å². The van der Waals surface area contributed by atoms with Crippen LogP contribution in [0.5, 0.6) is 11.5 Å². The summed E-state index contributed by atoms with van der Waals surface area (Å²) in [6.45, 7) is 5.88. The highest BCUT2D eigenvalue weighted by Gasteiger charge is 2.30. The Kier molecular flexibility index (Phi) is 5.55. The van der Waals surface area contributed by atoms with Gasteiger partial charge in [0.15, 0.2) is 0 Å². The quantitative estimate of drug-likeness (QED) is 0.350. The first-order chi connectivity index (χ1) is 14.5. The molecule has 1 aliphatic rings. The number of methoxy groups -OCH3 is 1. The Balaban J connectivity index is 2.00. The van der Waals surface area contributed by atoms with Crippen LogP contribution >= 0.6 is 0 Å². The van der Waals surface area contributed by atoms with Gasteiger partial charge in [0.2, 0.25) is 0 Å². The molecule has 0 aliphatic heterocycles. The number of ether oxygens (including phenoxy) is 2. The zero-order valence-corrected chi connectivity index (χ0v) is 18.4. The van der Waals surface area contributed by atoms with Gasteiger partial charge in [-0.25, -0.2) is 0 Å². The lowest BCUT2D eigenvalue weighted by Crippen LogP contribution is -2.28. The largest absolute Gasteiger partial charge is 0.496 e. The van der Waals surface area contributed by atoms with E-state index in [1.807, 2.05) is 45.0 Å². The molecule has 0 N–H and O–H groups in total. The molecule has 4 rings (SSSR count). The number of esters is 1. The van der Waals surface area contributed by atoms with Gasteiger partial charge in [-0.3, -0.25) is 4.79 Å². The van der Waals surface area contributed by atoms with Gasteiger partial charge in [-0.2, -0.15) is 0 Å². The summed E-state index contributed by atoms with van der Waals surface area (Å²) in [6.07, 6.45) is 5.18. The van der Waals surface area contributed by atoms with Crippen LogP contribution < -0.4 is 9.47 Å². The van der Waals surface area contributed by atoms with E-state index >= 15 is 0 Å². The third-order valence-corrected chi connectivity index (χ3v) is 6.49. The predicted molar refractivity (Wildman–Crippen MR) is 122 cm³/mol. The van der Waals surface area contributed by atoms with Gasteiger partial charge in [-0.1, -0.05) is 43.3 Å². The number of fused-ring (bicyclic) bond motifs is 2. The third kappa shape index (κ3) is 3.58. The molecular formula is C27H30O3. The number of hydrogen-bond acceptors (Lipinski definition) is 3. The maximum absolute atomic E-state index is 13.0. The van der Waals surface area contributed by atoms with Crippen molar-refractivity contribution in [3.05, 3.63) is 59.7 Å². The Labute approximate surface area is 179 Å². The van der Waals surface area contributed by atoms with Crippen LogP contribution in [0.3, 0.4) is 0 Å². The summed E-state index contributed by atoms with van der Waals surface area (Å²) in [5.74, 6) is 1.24. The average Bonchev–Trinajstić information content (AvgIpc) is 2.78. The molecule has 0 saturated carbocycles. The van der Waals surface area contributed by atoms with Crippen LogP contribution in [0, 0.1) is 5.41 Å². The number of aryl methyl sites for hydroxylation is 1. The summed E-state index contributed by atoms with van der Waals surface area (Å²) in [5, 5.41) is 2.20. The fraction of sp³-hybridized carbons (Fsp3) is 0.370. The Morgan fingerprint density at radius 1 is 0.933 bits per heavy atom. The van der Waals surface area contributed by atoms with E-state index < -0.39 is 5.41 Å². The Bertz CT molecular complexity index is 1090. The molecule has 156 valence electrons. The van der Waals surface area contributed by atoms with Gasteiger partial charge < -0.3 is 9.47 Å². The van der Waals surface area contributed by atoms with E-state index in [9.17, 15) is 4.79 Å². The standard InChI is InChI=1S/C27H30O3/c1-5-27(2,3)26(28)30-23-17-15-19-11-7-9-13-21(19)25(23)24-20-12-8-6-10-18(20)14-16-22(24)29-4/h7,9,11,13-17H,5-6,8,10,12H2,1-4H3. The molecule has 0 aromatic heterocycles. The van der Waals surface area contributed by atoms with Crippen molar-refractivity contribution in [2.45, 2.75) is 52.9 Å². The second-order valence-electron chi connectivity index (χ2n) is 8.77. The molecule has 1 aliphatic carbocycles. The highest BCUT2D eigenvalue weighted by atomic mass is 16.5. The second kappa shape index (κ2) is 8.14. The van der Waals surface area contributed by atoms with Gasteiger partial charge in [-0.05, 0) is 80.0 Å². The smallest absolute Gasteiger partial charge is 0.316 e. The van der Waals surface area contributed by atoms with E-state index in [1.165, 1.54) is 17.5 Å². The first kappa shape index (κ1) is 20.5. The number of carbonyl (C=O) groups is 1. The van der Waals surface area contributed by atoms with E-state index in [0.717, 1.165) is 53.3 Å². The lowest BCUT2D eigenvalue weighted by Gasteiger charge is -2.25. The van der Waals surface area contributed by atoms with Crippen molar-refractivity contribution in [2.75, 3.05) is 7.11 Å². The molecule has 0 unspecified atom stereocenters. The summed E-state index contributed by atoms with van der Waals surface area (Å²) in [4.78, 5) is 13.0. The fourth-order valence-corrected chi connectivity index (χ4v) is 4.23. The molecule has 0 fully saturated rings. The summed E-state index contributed by atoms with van der Waals surface area (Å²) in [7, 11) is 1.71. The predicted octanol–water partition coefficient (Wildman–Crippen LogP) is 6.74. The molecule has 30 heavy (non-hydrogen) atoms. The lowest BCUT2D eigenvalue weighted by molar-refractivity contribution is -0.144. The van der Waals surface area contributed by atoms with Gasteiger partial charge in [0.05, 0.1) is 12.5 Å². The zero-order chi connectivity index (χ0) is 21.3. The number of rotatable bonds is 5. The van der Waals surface area contributed by atoms with Gasteiger partial charge in [-0.15, -0.1) is 0 Å². The molecule has 0 radical (unpaired) electrons. The molecule has 3 heteroatoms. The first-order valence-electron chi connectivity index (χ1n) is 10.9. The normalized spacial score (nSPS) is 13.7. The molecule has 0 atom stereocenters. The summed E-state index contributed by atoms with van der Waals surface area (Å²) >= 11 is 0. The molecule has 3 aromatic rings. The highest BCUT2D eigenvalue weighted by Crippen LogP contribution is 2.46. The van der Waals surface area contributed by atoms with Crippen LogP contribution in [0.2, 0.25) is 0 Å². The SMILES string of the molecule is CCC(C)(C)C(=O)Oc1ccc2ccccc2c1-c1c(OC)ccc2c1CCCC2. The van der Waals surface area contributed by atoms with Crippen molar-refractivity contribution in [2.24, 2.45) is 5.41 Å². The molecule has 0 bridgehead atoms. The van der Waals surface area contributed by atoms with Crippen LogP contribution in [0.4, 0.5) is 0 Å². The number of hydrogen-bond donors (Lipinski definition) is 0. The van der Waals surface area contributed by atoms with Crippen molar-refractivity contribution in [1.82, 2.24) is 0 Å². The van der Waals surface area contributed by atoms with Crippen LogP contribution in [0.15, 0.2) is 48.5 Å². The maximum atomic E-state index is 13.0. The van der Waals surface area contributed by atoms with Crippen LogP contribution in [-0.2, 0) is 17.6 Å². The van der Waals surface area contributed by atoms with Gasteiger partial charge in [0.25, 0.3) is 0 Å². The minimum absolute atomic E-state index is 0.203. The number of carbonyl (C=O) groups excluding carboxylic acids is 1. The molecule has 3 nitrogen and oxygen atoms in total. The van der Waals surface area contributed by atoms with Gasteiger partial charge in [0.1, 0.15) is 11.5 Å². The molecule has 0 spiro atoms. The molecule has 3 aromatic carbocycles. The summed E-state index contributed by atoms with van der Waals surface area (Å²) < 4.78 is 11.9. The molecular weight excluding hydrogens is 372 g/mol. The van der Waals surface area contributed by atoms with E-state index in [4.69, 9.17) is 9.47 Å². The second-order valence-corrected chi connectivity index (χ2v) is 8.77. The van der Waals surface area contributed by atoms with Gasteiger partial charge in [0, 0.05) is 11.1 Å². The topological polar surface area (TPSA) is 35.5 Å². The fourth-order valence-electron chi connectivity index (χ4n) is 4.23. The van der Waals surface area contributed by atoms with Crippen LogP contribution in [0.1, 0.15) is 51.2 Å². The van der Waals surface area contributed by atoms with E-state index in [2.05, 4.69) is 24.3 Å². The van der Waals surface area contributed by atoms with Crippen LogP contribution in [-0.4, -0.2) is 13.1 Å². The van der Waals surface area contributed by atoms with E-state index in [0.29, 0.717) is 5.75 Å². The van der Waals surface area contributed by atoms with E-state index in [1.54, 1.807) is 7.11 Å². The lowest BCUT2D eigenvalue weighted by atomic mass is 9.83. The number of benzene rings is 3. The van der Waals surface area contributed by atoms with Crippen molar-refractivity contribution in [1.29, 1.82) is 0 Å². The summed E-state index contributed by atoms with van der Waals surface area (Å²) in [6, 6.07) is 16.5. The minimum Gasteiger partial charge on any atom is -0.496 e. The Morgan fingerprint density at radius 3 is 2.43 bits per heavy atom.